The Labute approximate surface area is 124 Å². The van der Waals surface area contributed by atoms with Crippen molar-refractivity contribution in [3.8, 4) is 0 Å². The van der Waals surface area contributed by atoms with E-state index >= 15 is 0 Å². The van der Waals surface area contributed by atoms with Crippen LogP contribution in [0.25, 0.3) is 11.0 Å². The van der Waals surface area contributed by atoms with Crippen molar-refractivity contribution in [1.82, 2.24) is 19.3 Å². The molecule has 1 N–H and O–H groups in total. The van der Waals surface area contributed by atoms with E-state index in [0.717, 1.165) is 24.0 Å². The average molecular weight is 311 g/mol. The molecule has 0 aliphatic rings. The fourth-order valence-electron chi connectivity index (χ4n) is 2.20. The van der Waals surface area contributed by atoms with Crippen LogP contribution in [0.2, 0.25) is 5.02 Å². The van der Waals surface area contributed by atoms with E-state index in [0.29, 0.717) is 11.3 Å². The molecule has 0 saturated heterocycles. The molecule has 0 atom stereocenters. The van der Waals surface area contributed by atoms with E-state index in [2.05, 4.69) is 10.1 Å². The number of hydrogen-bond donors (Lipinski definition) is 1. The van der Waals surface area contributed by atoms with Crippen molar-refractivity contribution in [3.05, 3.63) is 46.2 Å². The van der Waals surface area contributed by atoms with Gasteiger partial charge < -0.3 is 9.55 Å². The van der Waals surface area contributed by atoms with Crippen molar-refractivity contribution >= 4 is 34.9 Å². The topological polar surface area (TPSA) is 38.5 Å². The Morgan fingerprint density at radius 3 is 2.95 bits per heavy atom. The van der Waals surface area contributed by atoms with Crippen molar-refractivity contribution in [2.24, 2.45) is 0 Å². The highest BCUT2D eigenvalue weighted by atomic mass is 35.5. The molecule has 20 heavy (non-hydrogen) atoms. The van der Waals surface area contributed by atoms with Gasteiger partial charge in [0, 0.05) is 31.5 Å². The number of fused-ring (bicyclic) bond motifs is 1. The van der Waals surface area contributed by atoms with Crippen molar-refractivity contribution in [2.45, 2.75) is 19.5 Å². The van der Waals surface area contributed by atoms with Gasteiger partial charge in [-0.05, 0) is 30.8 Å². The van der Waals surface area contributed by atoms with Gasteiger partial charge >= 0.3 is 0 Å². The maximum atomic E-state index is 13.6. The lowest BCUT2D eigenvalue weighted by molar-refractivity contribution is 0.529. The number of nitrogens with one attached hydrogen (secondary N) is 1. The van der Waals surface area contributed by atoms with Crippen molar-refractivity contribution in [2.75, 3.05) is 0 Å². The molecule has 3 rings (SSSR count). The van der Waals surface area contributed by atoms with Crippen LogP contribution < -0.4 is 0 Å². The molecular formula is C13H12ClFN4S. The Hall–Kier alpha value is -1.66. The van der Waals surface area contributed by atoms with E-state index in [4.69, 9.17) is 23.8 Å². The normalized spacial score (nSPS) is 11.3. The van der Waals surface area contributed by atoms with Gasteiger partial charge in [0.2, 0.25) is 0 Å². The first-order valence-corrected chi connectivity index (χ1v) is 6.99. The van der Waals surface area contributed by atoms with Gasteiger partial charge in [-0.15, -0.1) is 0 Å². The number of hydrogen-bond acceptors (Lipinski definition) is 2. The number of aromatic nitrogens is 4. The summed E-state index contributed by atoms with van der Waals surface area (Å²) in [4.78, 5) is 3.04. The summed E-state index contributed by atoms with van der Waals surface area (Å²) in [6.07, 6.45) is 4.51. The minimum absolute atomic E-state index is 0.0949. The van der Waals surface area contributed by atoms with E-state index in [1.54, 1.807) is 12.3 Å². The van der Waals surface area contributed by atoms with Crippen LogP contribution in [0.5, 0.6) is 0 Å². The molecule has 104 valence electrons. The fraction of sp³-hybridized carbons (Fsp3) is 0.231. The van der Waals surface area contributed by atoms with Crippen molar-refractivity contribution < 1.29 is 4.39 Å². The Morgan fingerprint density at radius 1 is 1.35 bits per heavy atom. The highest BCUT2D eigenvalue weighted by molar-refractivity contribution is 7.71. The van der Waals surface area contributed by atoms with Crippen LogP contribution in [0.1, 0.15) is 6.42 Å². The first-order chi connectivity index (χ1) is 9.65. The molecule has 3 aromatic rings. The predicted octanol–water partition coefficient (Wildman–Crippen LogP) is 3.78. The lowest BCUT2D eigenvalue weighted by Crippen LogP contribution is -2.04. The highest BCUT2D eigenvalue weighted by Gasteiger charge is 2.08. The summed E-state index contributed by atoms with van der Waals surface area (Å²) in [6, 6.07) is 4.86. The molecular weight excluding hydrogens is 299 g/mol. The lowest BCUT2D eigenvalue weighted by Gasteiger charge is -2.05. The van der Waals surface area contributed by atoms with Gasteiger partial charge in [-0.2, -0.15) is 5.10 Å². The number of nitrogens with zero attached hydrogens (tertiary/aromatic N) is 3. The van der Waals surface area contributed by atoms with E-state index in [1.165, 1.54) is 6.07 Å². The minimum Gasteiger partial charge on any atom is -0.331 e. The molecule has 0 saturated carbocycles. The standard InChI is InChI=1S/C13H12ClFN4S/c14-9-7-11-12(8-10(9)15)19(13(20)17-11)6-2-5-18-4-1-3-16-18/h1,3-4,7-8H,2,5-6H2,(H,17,20). The van der Waals surface area contributed by atoms with Gasteiger partial charge in [-0.25, -0.2) is 4.39 Å². The number of imidazole rings is 1. The van der Waals surface area contributed by atoms with Gasteiger partial charge in [-0.1, -0.05) is 11.6 Å². The SMILES string of the molecule is Fc1cc2c(cc1Cl)[nH]c(=S)n2CCCn1cccn1. The van der Waals surface area contributed by atoms with Crippen LogP contribution in [0.3, 0.4) is 0 Å². The van der Waals surface area contributed by atoms with Crippen molar-refractivity contribution in [1.29, 1.82) is 0 Å². The molecule has 0 aliphatic heterocycles. The van der Waals surface area contributed by atoms with Crippen LogP contribution >= 0.6 is 23.8 Å². The Morgan fingerprint density at radius 2 is 2.20 bits per heavy atom. The molecule has 2 aromatic heterocycles. The minimum atomic E-state index is -0.436. The van der Waals surface area contributed by atoms with Crippen LogP contribution in [0.15, 0.2) is 30.6 Å². The summed E-state index contributed by atoms with van der Waals surface area (Å²) in [5, 5.41) is 4.24. The second kappa shape index (κ2) is 5.38. The van der Waals surface area contributed by atoms with Crippen LogP contribution in [0.4, 0.5) is 4.39 Å². The molecule has 0 bridgehead atoms. The number of aromatic amines is 1. The monoisotopic (exact) mass is 310 g/mol. The second-order valence-corrected chi connectivity index (χ2v) is 5.28. The number of benzene rings is 1. The predicted molar refractivity (Wildman–Crippen MR) is 78.9 cm³/mol. The number of aryl methyl sites for hydroxylation is 2. The van der Waals surface area contributed by atoms with E-state index < -0.39 is 5.82 Å². The van der Waals surface area contributed by atoms with Gasteiger partial charge in [0.1, 0.15) is 5.82 Å². The zero-order chi connectivity index (χ0) is 14.1. The summed E-state index contributed by atoms with van der Waals surface area (Å²) in [5.74, 6) is -0.436. The van der Waals surface area contributed by atoms with Gasteiger partial charge in [-0.3, -0.25) is 4.68 Å². The molecule has 1 aromatic carbocycles. The third-order valence-corrected chi connectivity index (χ3v) is 3.76. The third kappa shape index (κ3) is 2.48. The Kier molecular flexibility index (Phi) is 3.58. The second-order valence-electron chi connectivity index (χ2n) is 4.49. The van der Waals surface area contributed by atoms with Crippen LogP contribution in [-0.4, -0.2) is 19.3 Å². The smallest absolute Gasteiger partial charge is 0.178 e. The molecule has 4 nitrogen and oxygen atoms in total. The highest BCUT2D eigenvalue weighted by Crippen LogP contribution is 2.23. The fourth-order valence-corrected chi connectivity index (χ4v) is 2.66. The molecule has 0 amide bonds. The molecule has 0 radical (unpaired) electrons. The molecule has 0 aliphatic carbocycles. The third-order valence-electron chi connectivity index (χ3n) is 3.14. The maximum absolute atomic E-state index is 13.6. The summed E-state index contributed by atoms with van der Waals surface area (Å²) in [5.41, 5.74) is 1.48. The van der Waals surface area contributed by atoms with Crippen molar-refractivity contribution in [3.63, 3.8) is 0 Å². The van der Waals surface area contributed by atoms with E-state index in [9.17, 15) is 4.39 Å². The largest absolute Gasteiger partial charge is 0.331 e. The molecule has 0 spiro atoms. The van der Waals surface area contributed by atoms with Crippen LogP contribution in [0, 0.1) is 10.6 Å². The first kappa shape index (κ1) is 13.3. The number of halogens is 2. The average Bonchev–Trinajstić information content (AvgIpc) is 3.01. The van der Waals surface area contributed by atoms with E-state index in [1.807, 2.05) is 21.5 Å². The van der Waals surface area contributed by atoms with Gasteiger partial charge in [0.25, 0.3) is 0 Å². The molecule has 0 unspecified atom stereocenters. The zero-order valence-corrected chi connectivity index (χ0v) is 12.1. The summed E-state index contributed by atoms with van der Waals surface area (Å²) >= 11 is 11.0. The number of H-pyrrole nitrogens is 1. The number of rotatable bonds is 4. The van der Waals surface area contributed by atoms with Gasteiger partial charge in [0.05, 0.1) is 16.1 Å². The molecule has 0 fully saturated rings. The molecule has 2 heterocycles. The zero-order valence-electron chi connectivity index (χ0n) is 10.5. The lowest BCUT2D eigenvalue weighted by atomic mass is 10.3. The summed E-state index contributed by atoms with van der Waals surface area (Å²) < 4.78 is 17.9. The Bertz CT molecular complexity index is 791. The summed E-state index contributed by atoms with van der Waals surface area (Å²) in [6.45, 7) is 1.48. The Balaban J connectivity index is 1.85. The van der Waals surface area contributed by atoms with E-state index in [-0.39, 0.29) is 5.02 Å². The quantitative estimate of drug-likeness (QED) is 0.745. The van der Waals surface area contributed by atoms with Crippen LogP contribution in [-0.2, 0) is 13.1 Å². The molecule has 7 heteroatoms. The maximum Gasteiger partial charge on any atom is 0.178 e. The van der Waals surface area contributed by atoms with Gasteiger partial charge in [0.15, 0.2) is 4.77 Å². The first-order valence-electron chi connectivity index (χ1n) is 6.20. The summed E-state index contributed by atoms with van der Waals surface area (Å²) in [7, 11) is 0.